The van der Waals surface area contributed by atoms with E-state index in [9.17, 15) is 4.79 Å². The van der Waals surface area contributed by atoms with Gasteiger partial charge in [-0.05, 0) is 31.2 Å². The van der Waals surface area contributed by atoms with Crippen LogP contribution >= 0.6 is 39.0 Å². The number of carbonyl (C=O) groups excluding carboxylic acids is 1. The number of para-hydroxylation sites is 1. The third-order valence-corrected chi connectivity index (χ3v) is 6.93. The van der Waals surface area contributed by atoms with Gasteiger partial charge in [-0.1, -0.05) is 58.0 Å². The Labute approximate surface area is 214 Å². The van der Waals surface area contributed by atoms with Crippen molar-refractivity contribution in [3.05, 3.63) is 71.0 Å². The number of nitrogens with zero attached hydrogens (tertiary/aromatic N) is 4. The number of benzene rings is 2. The lowest BCUT2D eigenvalue weighted by Gasteiger charge is -2.11. The highest BCUT2D eigenvalue weighted by atomic mass is 79.9. The molecule has 2 heterocycles. The van der Waals surface area contributed by atoms with E-state index in [-0.39, 0.29) is 11.7 Å². The van der Waals surface area contributed by atoms with Crippen LogP contribution in [0.3, 0.4) is 0 Å². The van der Waals surface area contributed by atoms with Crippen molar-refractivity contribution in [3.63, 3.8) is 0 Å². The Balaban J connectivity index is 1.44. The Morgan fingerprint density at radius 2 is 2.03 bits per heavy atom. The topological polar surface area (TPSA) is 81.9 Å². The molecule has 4 aromatic rings. The van der Waals surface area contributed by atoms with Crippen molar-refractivity contribution in [2.24, 2.45) is 0 Å². The van der Waals surface area contributed by atoms with E-state index in [0.29, 0.717) is 29.3 Å². The van der Waals surface area contributed by atoms with Gasteiger partial charge in [0, 0.05) is 22.0 Å². The minimum atomic E-state index is -0.161. The molecule has 2 aromatic heterocycles. The van der Waals surface area contributed by atoms with Crippen LogP contribution < -0.4 is 10.1 Å². The number of hydrogen-bond acceptors (Lipinski definition) is 7. The maximum absolute atomic E-state index is 12.6. The molecule has 0 bridgehead atoms. The average Bonchev–Trinajstić information content (AvgIpc) is 3.46. The van der Waals surface area contributed by atoms with Crippen molar-refractivity contribution in [2.45, 2.75) is 18.6 Å². The monoisotopic (exact) mass is 555 g/mol. The number of thioether (sulfide) groups is 1. The molecule has 0 aliphatic heterocycles. The highest BCUT2D eigenvalue weighted by molar-refractivity contribution is 9.10. The van der Waals surface area contributed by atoms with Crippen molar-refractivity contribution in [2.75, 3.05) is 17.7 Å². The lowest BCUT2D eigenvalue weighted by Crippen LogP contribution is -2.14. The molecule has 0 saturated heterocycles. The van der Waals surface area contributed by atoms with Crippen LogP contribution in [0.25, 0.3) is 22.6 Å². The summed E-state index contributed by atoms with van der Waals surface area (Å²) in [6.07, 6.45) is 1.78. The van der Waals surface area contributed by atoms with Gasteiger partial charge < -0.3 is 10.1 Å². The van der Waals surface area contributed by atoms with Crippen LogP contribution in [-0.4, -0.2) is 38.0 Å². The highest BCUT2D eigenvalue weighted by Gasteiger charge is 2.18. The summed E-state index contributed by atoms with van der Waals surface area (Å²) >= 11 is 6.14. The molecule has 1 amide bonds. The van der Waals surface area contributed by atoms with Crippen LogP contribution in [0.2, 0.25) is 0 Å². The van der Waals surface area contributed by atoms with Crippen LogP contribution in [0.15, 0.2) is 76.2 Å². The first kappa shape index (κ1) is 24.2. The Hall–Kier alpha value is -2.95. The number of rotatable bonds is 10. The first-order valence-electron chi connectivity index (χ1n) is 10.5. The second kappa shape index (κ2) is 11.5. The maximum Gasteiger partial charge on any atom is 0.236 e. The molecule has 10 heteroatoms. The second-order valence-electron chi connectivity index (χ2n) is 7.02. The van der Waals surface area contributed by atoms with E-state index in [0.717, 1.165) is 27.0 Å². The molecule has 4 rings (SSSR count). The Morgan fingerprint density at radius 3 is 2.79 bits per heavy atom. The molecule has 0 aliphatic carbocycles. The zero-order valence-electron chi connectivity index (χ0n) is 18.4. The number of amides is 1. The summed E-state index contributed by atoms with van der Waals surface area (Å²) < 4.78 is 8.69. The Kier molecular flexibility index (Phi) is 8.15. The molecule has 0 fully saturated rings. The van der Waals surface area contributed by atoms with Crippen molar-refractivity contribution < 1.29 is 9.53 Å². The number of halogens is 1. The minimum Gasteiger partial charge on any atom is -0.493 e. The summed E-state index contributed by atoms with van der Waals surface area (Å²) in [4.78, 5) is 17.1. The summed E-state index contributed by atoms with van der Waals surface area (Å²) in [6.45, 7) is 6.85. The molecule has 0 atom stereocenters. The van der Waals surface area contributed by atoms with Gasteiger partial charge in [-0.3, -0.25) is 9.36 Å². The summed E-state index contributed by atoms with van der Waals surface area (Å²) in [7, 11) is 0. The van der Waals surface area contributed by atoms with Crippen molar-refractivity contribution in [1.82, 2.24) is 19.7 Å². The van der Waals surface area contributed by atoms with Crippen LogP contribution in [-0.2, 0) is 11.3 Å². The standard InChI is InChI=1S/C24H22BrN5O2S2/c1-3-13-30-22(18-7-5-6-8-20(18)32-4-2)28-29-24(30)34-15-21(31)27-23-26-19(14-33-23)16-9-11-17(25)12-10-16/h3,5-12,14H,1,4,13,15H2,2H3,(H,26,27,31). The minimum absolute atomic E-state index is 0.161. The molecule has 7 nitrogen and oxygen atoms in total. The highest BCUT2D eigenvalue weighted by Crippen LogP contribution is 2.31. The first-order valence-corrected chi connectivity index (χ1v) is 13.1. The van der Waals surface area contributed by atoms with Crippen LogP contribution in [0.1, 0.15) is 6.92 Å². The van der Waals surface area contributed by atoms with Gasteiger partial charge in [0.2, 0.25) is 5.91 Å². The predicted molar refractivity (Wildman–Crippen MR) is 141 cm³/mol. The number of nitrogens with one attached hydrogen (secondary N) is 1. The van der Waals surface area contributed by atoms with Crippen LogP contribution in [0.5, 0.6) is 5.75 Å². The summed E-state index contributed by atoms with van der Waals surface area (Å²) in [5.74, 6) is 1.43. The van der Waals surface area contributed by atoms with Crippen molar-refractivity contribution in [1.29, 1.82) is 0 Å². The summed E-state index contributed by atoms with van der Waals surface area (Å²) in [5.41, 5.74) is 2.66. The van der Waals surface area contributed by atoms with Crippen LogP contribution in [0, 0.1) is 0 Å². The lowest BCUT2D eigenvalue weighted by molar-refractivity contribution is -0.113. The van der Waals surface area contributed by atoms with Gasteiger partial charge in [-0.2, -0.15) is 0 Å². The van der Waals surface area contributed by atoms with E-state index in [4.69, 9.17) is 4.74 Å². The number of hydrogen-bond donors (Lipinski definition) is 1. The number of carbonyl (C=O) groups is 1. The molecule has 34 heavy (non-hydrogen) atoms. The normalized spacial score (nSPS) is 10.8. The largest absolute Gasteiger partial charge is 0.493 e. The van der Waals surface area contributed by atoms with Gasteiger partial charge in [-0.15, -0.1) is 28.1 Å². The number of ether oxygens (including phenoxy) is 1. The maximum atomic E-state index is 12.6. The van der Waals surface area contributed by atoms with Gasteiger partial charge in [-0.25, -0.2) is 4.98 Å². The number of aromatic nitrogens is 4. The van der Waals surface area contributed by atoms with E-state index in [1.807, 2.05) is 65.4 Å². The quantitative estimate of drug-likeness (QED) is 0.187. The van der Waals surface area contributed by atoms with Gasteiger partial charge in [0.05, 0.1) is 23.6 Å². The van der Waals surface area contributed by atoms with Crippen molar-refractivity contribution in [3.8, 4) is 28.4 Å². The summed E-state index contributed by atoms with van der Waals surface area (Å²) in [5, 5.41) is 14.7. The third-order valence-electron chi connectivity index (χ3n) is 4.68. The van der Waals surface area contributed by atoms with Gasteiger partial charge >= 0.3 is 0 Å². The molecule has 0 spiro atoms. The van der Waals surface area contributed by atoms with Gasteiger partial charge in [0.25, 0.3) is 0 Å². The van der Waals surface area contributed by atoms with E-state index in [1.165, 1.54) is 23.1 Å². The molecule has 0 aliphatic rings. The van der Waals surface area contributed by atoms with E-state index < -0.39 is 0 Å². The third kappa shape index (κ3) is 5.75. The fourth-order valence-corrected chi connectivity index (χ4v) is 4.94. The number of anilines is 1. The number of thiazole rings is 1. The van der Waals surface area contributed by atoms with Gasteiger partial charge in [0.1, 0.15) is 5.75 Å². The van der Waals surface area contributed by atoms with Crippen molar-refractivity contribution >= 4 is 50.1 Å². The predicted octanol–water partition coefficient (Wildman–Crippen LogP) is 6.15. The summed E-state index contributed by atoms with van der Waals surface area (Å²) in [6, 6.07) is 15.6. The fraction of sp³-hybridized carbons (Fsp3) is 0.167. The fourth-order valence-electron chi connectivity index (χ4n) is 3.19. The van der Waals surface area contributed by atoms with E-state index in [2.05, 4.69) is 43.0 Å². The average molecular weight is 557 g/mol. The zero-order valence-corrected chi connectivity index (χ0v) is 21.6. The molecular weight excluding hydrogens is 534 g/mol. The lowest BCUT2D eigenvalue weighted by atomic mass is 10.2. The molecule has 2 aromatic carbocycles. The molecule has 174 valence electrons. The molecule has 0 unspecified atom stereocenters. The Bertz CT molecular complexity index is 1290. The number of allylic oxidation sites excluding steroid dienone is 1. The Morgan fingerprint density at radius 1 is 1.24 bits per heavy atom. The first-order chi connectivity index (χ1) is 16.6. The van der Waals surface area contributed by atoms with E-state index in [1.54, 1.807) is 6.08 Å². The zero-order chi connectivity index (χ0) is 23.9. The van der Waals surface area contributed by atoms with Gasteiger partial charge in [0.15, 0.2) is 16.1 Å². The molecular formula is C24H22BrN5O2S2. The second-order valence-corrected chi connectivity index (χ2v) is 9.73. The van der Waals surface area contributed by atoms with Crippen LogP contribution in [0.4, 0.5) is 5.13 Å². The van der Waals surface area contributed by atoms with E-state index >= 15 is 0 Å². The molecule has 1 N–H and O–H groups in total. The SMILES string of the molecule is C=CCn1c(SCC(=O)Nc2nc(-c3ccc(Br)cc3)cs2)nnc1-c1ccccc1OCC. The smallest absolute Gasteiger partial charge is 0.236 e. The molecule has 0 radical (unpaired) electrons. The molecule has 0 saturated carbocycles.